The van der Waals surface area contributed by atoms with Crippen LogP contribution in [0.25, 0.3) is 0 Å². The zero-order chi connectivity index (χ0) is 10.0. The van der Waals surface area contributed by atoms with Gasteiger partial charge in [0.1, 0.15) is 5.82 Å². The Kier molecular flexibility index (Phi) is 3.25. The van der Waals surface area contributed by atoms with Crippen molar-refractivity contribution >= 4 is 11.6 Å². The van der Waals surface area contributed by atoms with Gasteiger partial charge in [-0.1, -0.05) is 11.6 Å². The summed E-state index contributed by atoms with van der Waals surface area (Å²) in [6.45, 7) is 1.55. The van der Waals surface area contributed by atoms with Crippen LogP contribution in [0.1, 0.15) is 18.5 Å². The first-order valence-electron chi connectivity index (χ1n) is 3.90. The SMILES string of the molecule is C[C@@H](O)[C@@H](N)c1cc(F)cc(Cl)c1. The van der Waals surface area contributed by atoms with E-state index >= 15 is 0 Å². The van der Waals surface area contributed by atoms with Crippen molar-refractivity contribution in [2.75, 3.05) is 0 Å². The normalized spacial score (nSPS) is 15.5. The second-order valence-electron chi connectivity index (χ2n) is 2.97. The van der Waals surface area contributed by atoms with Crippen LogP contribution in [0.4, 0.5) is 4.39 Å². The molecule has 0 heterocycles. The maximum Gasteiger partial charge on any atom is 0.125 e. The molecule has 0 unspecified atom stereocenters. The van der Waals surface area contributed by atoms with Gasteiger partial charge in [0.15, 0.2) is 0 Å². The van der Waals surface area contributed by atoms with Crippen LogP contribution in [0.3, 0.4) is 0 Å². The van der Waals surface area contributed by atoms with Gasteiger partial charge in [-0.05, 0) is 30.7 Å². The topological polar surface area (TPSA) is 46.2 Å². The predicted molar refractivity (Wildman–Crippen MR) is 50.0 cm³/mol. The molecule has 0 saturated carbocycles. The molecule has 2 atom stereocenters. The van der Waals surface area contributed by atoms with E-state index in [2.05, 4.69) is 0 Å². The number of rotatable bonds is 2. The monoisotopic (exact) mass is 203 g/mol. The molecule has 0 saturated heterocycles. The highest BCUT2D eigenvalue weighted by atomic mass is 35.5. The van der Waals surface area contributed by atoms with Crippen LogP contribution in [0.2, 0.25) is 5.02 Å². The first kappa shape index (κ1) is 10.4. The first-order chi connectivity index (χ1) is 6.00. The average molecular weight is 204 g/mol. The highest BCUT2D eigenvalue weighted by Gasteiger charge is 2.13. The van der Waals surface area contributed by atoms with Crippen LogP contribution in [-0.4, -0.2) is 11.2 Å². The molecule has 0 bridgehead atoms. The summed E-state index contributed by atoms with van der Waals surface area (Å²) in [5.41, 5.74) is 6.10. The van der Waals surface area contributed by atoms with Crippen LogP contribution in [-0.2, 0) is 0 Å². The molecule has 13 heavy (non-hydrogen) atoms. The highest BCUT2D eigenvalue weighted by molar-refractivity contribution is 6.30. The van der Waals surface area contributed by atoms with Gasteiger partial charge in [0.2, 0.25) is 0 Å². The van der Waals surface area contributed by atoms with E-state index in [0.717, 1.165) is 0 Å². The zero-order valence-corrected chi connectivity index (χ0v) is 7.92. The summed E-state index contributed by atoms with van der Waals surface area (Å²) < 4.78 is 12.8. The number of aliphatic hydroxyl groups excluding tert-OH is 1. The van der Waals surface area contributed by atoms with Gasteiger partial charge >= 0.3 is 0 Å². The van der Waals surface area contributed by atoms with Crippen LogP contribution in [0.5, 0.6) is 0 Å². The summed E-state index contributed by atoms with van der Waals surface area (Å²) in [7, 11) is 0. The van der Waals surface area contributed by atoms with Crippen LogP contribution in [0, 0.1) is 5.82 Å². The third-order valence-corrected chi connectivity index (χ3v) is 2.01. The third-order valence-electron chi connectivity index (χ3n) is 1.79. The average Bonchev–Trinajstić information content (AvgIpc) is 2.01. The summed E-state index contributed by atoms with van der Waals surface area (Å²) in [5.74, 6) is -0.446. The Hall–Kier alpha value is -0.640. The second-order valence-corrected chi connectivity index (χ2v) is 3.41. The molecule has 4 heteroatoms. The van der Waals surface area contributed by atoms with E-state index in [0.29, 0.717) is 5.56 Å². The van der Waals surface area contributed by atoms with Crippen molar-refractivity contribution in [2.24, 2.45) is 5.73 Å². The van der Waals surface area contributed by atoms with Gasteiger partial charge in [0, 0.05) is 5.02 Å². The van der Waals surface area contributed by atoms with Gasteiger partial charge in [0.05, 0.1) is 12.1 Å². The molecule has 0 spiro atoms. The van der Waals surface area contributed by atoms with Gasteiger partial charge in [-0.15, -0.1) is 0 Å². The minimum atomic E-state index is -0.724. The fraction of sp³-hybridized carbons (Fsp3) is 0.333. The van der Waals surface area contributed by atoms with Gasteiger partial charge < -0.3 is 10.8 Å². The molecule has 0 fully saturated rings. The van der Waals surface area contributed by atoms with E-state index in [-0.39, 0.29) is 5.02 Å². The van der Waals surface area contributed by atoms with Gasteiger partial charge in [-0.3, -0.25) is 0 Å². The Balaban J connectivity index is 3.01. The zero-order valence-electron chi connectivity index (χ0n) is 7.17. The maximum atomic E-state index is 12.8. The van der Waals surface area contributed by atoms with E-state index in [4.69, 9.17) is 22.4 Å². The Morgan fingerprint density at radius 2 is 2.08 bits per heavy atom. The Bertz CT molecular complexity index is 283. The maximum absolute atomic E-state index is 12.8. The molecular weight excluding hydrogens is 193 g/mol. The van der Waals surface area contributed by atoms with Gasteiger partial charge in [-0.2, -0.15) is 0 Å². The summed E-state index contributed by atoms with van der Waals surface area (Å²) in [6, 6.07) is 3.40. The Labute approximate surface area is 81.1 Å². The lowest BCUT2D eigenvalue weighted by Crippen LogP contribution is -2.23. The number of nitrogens with two attached hydrogens (primary N) is 1. The molecule has 0 amide bonds. The summed E-state index contributed by atoms with van der Waals surface area (Å²) in [5, 5.41) is 9.45. The lowest BCUT2D eigenvalue weighted by Gasteiger charge is -2.15. The highest BCUT2D eigenvalue weighted by Crippen LogP contribution is 2.20. The first-order valence-corrected chi connectivity index (χ1v) is 4.28. The molecule has 0 aromatic heterocycles. The molecule has 1 aromatic rings. The minimum Gasteiger partial charge on any atom is -0.391 e. The predicted octanol–water partition coefficient (Wildman–Crippen LogP) is 1.86. The fourth-order valence-corrected chi connectivity index (χ4v) is 1.28. The molecule has 1 rings (SSSR count). The lowest BCUT2D eigenvalue weighted by atomic mass is 10.0. The number of benzene rings is 1. The van der Waals surface area contributed by atoms with Crippen LogP contribution >= 0.6 is 11.6 Å². The molecular formula is C9H11ClFNO. The molecule has 0 aliphatic carbocycles. The molecule has 2 nitrogen and oxygen atoms in total. The molecule has 1 aromatic carbocycles. The van der Waals surface area contributed by atoms with Crippen molar-refractivity contribution in [3.63, 3.8) is 0 Å². The minimum absolute atomic E-state index is 0.283. The standard InChI is InChI=1S/C9H11ClFNO/c1-5(13)9(12)6-2-7(10)4-8(11)3-6/h2-5,9,13H,12H2,1H3/t5-,9-/m1/s1. The number of hydrogen-bond acceptors (Lipinski definition) is 2. The summed E-state index contributed by atoms with van der Waals surface area (Å²) >= 11 is 5.62. The van der Waals surface area contributed by atoms with Gasteiger partial charge in [0.25, 0.3) is 0 Å². The van der Waals surface area contributed by atoms with Crippen LogP contribution < -0.4 is 5.73 Å². The quantitative estimate of drug-likeness (QED) is 0.771. The van der Waals surface area contributed by atoms with E-state index in [1.807, 2.05) is 0 Å². The molecule has 0 radical (unpaired) electrons. The van der Waals surface area contributed by atoms with E-state index in [1.54, 1.807) is 13.0 Å². The number of aliphatic hydroxyl groups is 1. The van der Waals surface area contributed by atoms with Crippen molar-refractivity contribution in [3.8, 4) is 0 Å². The second kappa shape index (κ2) is 4.05. The molecule has 72 valence electrons. The van der Waals surface area contributed by atoms with Crippen molar-refractivity contribution in [1.29, 1.82) is 0 Å². The van der Waals surface area contributed by atoms with E-state index in [1.165, 1.54) is 12.1 Å². The number of halogens is 2. The van der Waals surface area contributed by atoms with E-state index in [9.17, 15) is 4.39 Å². The Morgan fingerprint density at radius 1 is 1.46 bits per heavy atom. The number of hydrogen-bond donors (Lipinski definition) is 2. The summed E-state index contributed by atoms with van der Waals surface area (Å²) in [6.07, 6.45) is -0.724. The van der Waals surface area contributed by atoms with Gasteiger partial charge in [-0.25, -0.2) is 4.39 Å². The lowest BCUT2D eigenvalue weighted by molar-refractivity contribution is 0.164. The van der Waals surface area contributed by atoms with Crippen molar-refractivity contribution in [1.82, 2.24) is 0 Å². The molecule has 0 aliphatic rings. The van der Waals surface area contributed by atoms with Crippen molar-refractivity contribution in [2.45, 2.75) is 19.1 Å². The third kappa shape index (κ3) is 2.66. The smallest absolute Gasteiger partial charge is 0.125 e. The Morgan fingerprint density at radius 3 is 2.54 bits per heavy atom. The van der Waals surface area contributed by atoms with Crippen LogP contribution in [0.15, 0.2) is 18.2 Å². The molecule has 0 aliphatic heterocycles. The molecule has 3 N–H and O–H groups in total. The largest absolute Gasteiger partial charge is 0.391 e. The van der Waals surface area contributed by atoms with E-state index < -0.39 is 18.0 Å². The van der Waals surface area contributed by atoms with Crippen molar-refractivity contribution < 1.29 is 9.50 Å². The summed E-state index contributed by atoms with van der Waals surface area (Å²) in [4.78, 5) is 0. The van der Waals surface area contributed by atoms with Crippen molar-refractivity contribution in [3.05, 3.63) is 34.6 Å². The fourth-order valence-electron chi connectivity index (χ4n) is 1.05.